The Kier molecular flexibility index (Phi) is 8.28. The summed E-state index contributed by atoms with van der Waals surface area (Å²) in [5, 5.41) is 3.70. The van der Waals surface area contributed by atoms with E-state index in [4.69, 9.17) is 23.2 Å². The number of rotatable bonds is 8. The first-order valence-electron chi connectivity index (χ1n) is 13.1. The summed E-state index contributed by atoms with van der Waals surface area (Å²) in [5.41, 5.74) is 1.92. The summed E-state index contributed by atoms with van der Waals surface area (Å²) in [6, 6.07) is 7.14. The molecule has 3 amide bonds. The molecule has 1 saturated carbocycles. The number of nitrogens with zero attached hydrogens (tertiary/aromatic N) is 3. The smallest absolute Gasteiger partial charge is 0.322 e. The van der Waals surface area contributed by atoms with Gasteiger partial charge in [0.15, 0.2) is 0 Å². The van der Waals surface area contributed by atoms with Crippen LogP contribution in [0.5, 0.6) is 0 Å². The lowest BCUT2D eigenvalue weighted by atomic mass is 9.49. The van der Waals surface area contributed by atoms with Gasteiger partial charge in [0.05, 0.1) is 5.41 Å². The van der Waals surface area contributed by atoms with Crippen LogP contribution < -0.4 is 5.32 Å². The van der Waals surface area contributed by atoms with Crippen molar-refractivity contribution in [1.82, 2.24) is 14.7 Å². The van der Waals surface area contributed by atoms with Crippen molar-refractivity contribution in [2.75, 3.05) is 57.0 Å². The van der Waals surface area contributed by atoms with Gasteiger partial charge in [-0.1, -0.05) is 37.1 Å². The summed E-state index contributed by atoms with van der Waals surface area (Å²) in [4.78, 5) is 32.4. The molecule has 8 heteroatoms. The minimum absolute atomic E-state index is 0.0878. The fourth-order valence-electron chi connectivity index (χ4n) is 5.79. The molecule has 1 aromatic rings. The van der Waals surface area contributed by atoms with Gasteiger partial charge in [-0.25, -0.2) is 4.79 Å². The summed E-state index contributed by atoms with van der Waals surface area (Å²) in [7, 11) is 0. The van der Waals surface area contributed by atoms with Gasteiger partial charge in [0.2, 0.25) is 5.91 Å². The molecule has 6 nitrogen and oxygen atoms in total. The summed E-state index contributed by atoms with van der Waals surface area (Å²) < 4.78 is 0. The van der Waals surface area contributed by atoms with Crippen molar-refractivity contribution in [1.29, 1.82) is 0 Å². The maximum Gasteiger partial charge on any atom is 0.322 e. The number of urea groups is 1. The molecule has 1 aliphatic heterocycles. The summed E-state index contributed by atoms with van der Waals surface area (Å²) >= 11 is 12.0. The monoisotopic (exact) mass is 534 g/mol. The van der Waals surface area contributed by atoms with Crippen molar-refractivity contribution in [2.24, 2.45) is 22.7 Å². The number of allylic oxidation sites excluding steroid dienone is 1. The van der Waals surface area contributed by atoms with E-state index in [9.17, 15) is 9.59 Å². The lowest BCUT2D eigenvalue weighted by Gasteiger charge is -2.57. The van der Waals surface area contributed by atoms with Crippen LogP contribution in [-0.4, -0.2) is 78.3 Å². The molecule has 5 rings (SSSR count). The highest BCUT2D eigenvalue weighted by molar-refractivity contribution is 6.30. The van der Waals surface area contributed by atoms with Crippen LogP contribution in [0.2, 0.25) is 5.02 Å². The number of anilines is 1. The van der Waals surface area contributed by atoms with Crippen LogP contribution >= 0.6 is 23.2 Å². The standard InChI is InChI=1S/C28H40Cl2N4O2/c1-27(2,19-29)25(35)33-14-11-32(12-15-33)13-16-34(26(36)31-23-9-7-22(30)8-10-23)18-20-5-6-21-17-24(20)28(21,3)4/h5,7-10,21,24H,6,11-19H2,1-4H3,(H,31,36). The number of hydrogen-bond donors (Lipinski definition) is 1. The molecular weight excluding hydrogens is 495 g/mol. The molecule has 3 aliphatic carbocycles. The van der Waals surface area contributed by atoms with Crippen molar-refractivity contribution in [3.8, 4) is 0 Å². The number of carbonyl (C=O) groups is 2. The number of nitrogens with one attached hydrogen (secondary N) is 1. The van der Waals surface area contributed by atoms with E-state index in [2.05, 4.69) is 30.1 Å². The first-order valence-corrected chi connectivity index (χ1v) is 14.0. The number of piperazine rings is 1. The van der Waals surface area contributed by atoms with Crippen molar-refractivity contribution in [3.05, 3.63) is 40.9 Å². The van der Waals surface area contributed by atoms with Gasteiger partial charge in [-0.15, -0.1) is 11.6 Å². The maximum atomic E-state index is 13.4. The summed E-state index contributed by atoms with van der Waals surface area (Å²) in [5.74, 6) is 1.76. The van der Waals surface area contributed by atoms with Gasteiger partial charge in [-0.2, -0.15) is 0 Å². The Morgan fingerprint density at radius 3 is 2.39 bits per heavy atom. The molecule has 2 fully saturated rings. The average Bonchev–Trinajstić information content (AvgIpc) is 2.87. The van der Waals surface area contributed by atoms with E-state index in [0.29, 0.717) is 48.4 Å². The van der Waals surface area contributed by atoms with E-state index >= 15 is 0 Å². The molecule has 1 saturated heterocycles. The quantitative estimate of drug-likeness (QED) is 0.350. The Bertz CT molecular complexity index is 984. The SMILES string of the molecule is CC(C)(CCl)C(=O)N1CCN(CCN(CC2=CCC3CC2C3(C)C)C(=O)Nc2ccc(Cl)cc2)CC1. The fourth-order valence-corrected chi connectivity index (χ4v) is 6.03. The Balaban J connectivity index is 1.37. The van der Waals surface area contributed by atoms with E-state index in [1.54, 1.807) is 12.1 Å². The molecule has 1 heterocycles. The van der Waals surface area contributed by atoms with Crippen LogP contribution in [0, 0.1) is 22.7 Å². The fraction of sp³-hybridized carbons (Fsp3) is 0.643. The number of alkyl halides is 1. The Labute approximate surface area is 226 Å². The third-order valence-corrected chi connectivity index (χ3v) is 9.52. The van der Waals surface area contributed by atoms with Crippen molar-refractivity contribution >= 4 is 40.8 Å². The molecule has 0 radical (unpaired) electrons. The minimum Gasteiger partial charge on any atom is -0.340 e. The van der Waals surface area contributed by atoms with Crippen LogP contribution in [0.15, 0.2) is 35.9 Å². The Morgan fingerprint density at radius 2 is 1.81 bits per heavy atom. The highest BCUT2D eigenvalue weighted by Gasteiger charge is 2.51. The highest BCUT2D eigenvalue weighted by atomic mass is 35.5. The molecule has 0 spiro atoms. The number of fused-ring (bicyclic) bond motifs is 1. The van der Waals surface area contributed by atoms with Crippen molar-refractivity contribution < 1.29 is 9.59 Å². The van der Waals surface area contributed by atoms with Gasteiger partial charge in [0, 0.05) is 62.4 Å². The van der Waals surface area contributed by atoms with Crippen molar-refractivity contribution in [3.63, 3.8) is 0 Å². The Hall–Kier alpha value is -1.76. The molecule has 1 aromatic carbocycles. The molecule has 198 valence electrons. The van der Waals surface area contributed by atoms with Crippen LogP contribution in [0.3, 0.4) is 0 Å². The minimum atomic E-state index is -0.539. The summed E-state index contributed by atoms with van der Waals surface area (Å²) in [6.07, 6.45) is 4.72. The van der Waals surface area contributed by atoms with Crippen molar-refractivity contribution in [2.45, 2.75) is 40.5 Å². The van der Waals surface area contributed by atoms with E-state index in [-0.39, 0.29) is 11.9 Å². The largest absolute Gasteiger partial charge is 0.340 e. The second kappa shape index (κ2) is 10.9. The Morgan fingerprint density at radius 1 is 1.14 bits per heavy atom. The van der Waals surface area contributed by atoms with Crippen LogP contribution in [0.4, 0.5) is 10.5 Å². The molecule has 4 aliphatic rings. The molecule has 2 unspecified atom stereocenters. The zero-order valence-corrected chi connectivity index (χ0v) is 23.5. The molecule has 2 atom stereocenters. The van der Waals surface area contributed by atoms with E-state index in [0.717, 1.165) is 37.7 Å². The zero-order chi connectivity index (χ0) is 26.1. The van der Waals surface area contributed by atoms with Gasteiger partial charge in [-0.3, -0.25) is 9.69 Å². The number of carbonyl (C=O) groups excluding carboxylic acids is 2. The van der Waals surface area contributed by atoms with E-state index < -0.39 is 5.41 Å². The number of amides is 3. The maximum absolute atomic E-state index is 13.4. The van der Waals surface area contributed by atoms with Gasteiger partial charge in [-0.05, 0) is 68.2 Å². The first-order chi connectivity index (χ1) is 17.0. The van der Waals surface area contributed by atoms with Gasteiger partial charge < -0.3 is 15.1 Å². The molecular formula is C28H40Cl2N4O2. The van der Waals surface area contributed by atoms with Crippen LogP contribution in [0.25, 0.3) is 0 Å². The molecule has 36 heavy (non-hydrogen) atoms. The third kappa shape index (κ3) is 5.87. The predicted octanol–water partition coefficient (Wildman–Crippen LogP) is 5.58. The van der Waals surface area contributed by atoms with Gasteiger partial charge in [0.25, 0.3) is 0 Å². The molecule has 2 bridgehead atoms. The van der Waals surface area contributed by atoms with Crippen LogP contribution in [-0.2, 0) is 4.79 Å². The molecule has 0 aromatic heterocycles. The number of halogens is 2. The molecule has 1 N–H and O–H groups in total. The predicted molar refractivity (Wildman–Crippen MR) is 148 cm³/mol. The van der Waals surface area contributed by atoms with Gasteiger partial charge in [0.1, 0.15) is 0 Å². The topological polar surface area (TPSA) is 55.9 Å². The highest BCUT2D eigenvalue weighted by Crippen LogP contribution is 2.59. The lowest BCUT2D eigenvalue weighted by Crippen LogP contribution is -2.54. The first kappa shape index (κ1) is 27.3. The van der Waals surface area contributed by atoms with E-state index in [1.807, 2.05) is 35.8 Å². The normalized spacial score (nSPS) is 23.5. The average molecular weight is 536 g/mol. The van der Waals surface area contributed by atoms with Gasteiger partial charge >= 0.3 is 6.03 Å². The van der Waals surface area contributed by atoms with E-state index in [1.165, 1.54) is 12.0 Å². The summed E-state index contributed by atoms with van der Waals surface area (Å²) in [6.45, 7) is 13.6. The number of benzene rings is 1. The van der Waals surface area contributed by atoms with Crippen LogP contribution in [0.1, 0.15) is 40.5 Å². The second-order valence-electron chi connectivity index (χ2n) is 11.8. The third-order valence-electron chi connectivity index (χ3n) is 8.60. The number of hydrogen-bond acceptors (Lipinski definition) is 3. The zero-order valence-electron chi connectivity index (χ0n) is 22.0. The second-order valence-corrected chi connectivity index (χ2v) is 12.5. The lowest BCUT2D eigenvalue weighted by molar-refractivity contribution is -0.141.